The Hall–Kier alpha value is -0.550. The molecule has 0 atom stereocenters. The minimum Gasteiger partial charge on any atom is -0.396 e. The van der Waals surface area contributed by atoms with Crippen molar-refractivity contribution < 1.29 is 5.11 Å². The second-order valence-corrected chi connectivity index (χ2v) is 4.22. The molecule has 0 aromatic rings. The third kappa shape index (κ3) is 2.45. The van der Waals surface area contributed by atoms with Gasteiger partial charge in [0.1, 0.15) is 0 Å². The van der Waals surface area contributed by atoms with Crippen molar-refractivity contribution in [1.29, 1.82) is 5.26 Å². The van der Waals surface area contributed by atoms with Crippen LogP contribution < -0.4 is 0 Å². The van der Waals surface area contributed by atoms with Crippen molar-refractivity contribution in [3.8, 4) is 6.07 Å². The molecule has 0 bridgehead atoms. The Balaban J connectivity index is 2.49. The summed E-state index contributed by atoms with van der Waals surface area (Å²) >= 11 is 0. The van der Waals surface area contributed by atoms with Crippen LogP contribution >= 0.6 is 0 Å². The van der Waals surface area contributed by atoms with Gasteiger partial charge < -0.3 is 5.11 Å². The molecule has 1 aliphatic rings. The summed E-state index contributed by atoms with van der Waals surface area (Å²) in [5.41, 5.74) is -0.194. The summed E-state index contributed by atoms with van der Waals surface area (Å²) in [7, 11) is 0. The average Bonchev–Trinajstić information content (AvgIpc) is 2.19. The van der Waals surface area contributed by atoms with E-state index in [0.717, 1.165) is 18.8 Å². The van der Waals surface area contributed by atoms with E-state index in [9.17, 15) is 0 Å². The monoisotopic (exact) mass is 181 g/mol. The molecule has 1 aliphatic carbocycles. The molecule has 2 heteroatoms. The van der Waals surface area contributed by atoms with Crippen molar-refractivity contribution in [3.63, 3.8) is 0 Å². The van der Waals surface area contributed by atoms with E-state index in [2.05, 4.69) is 13.0 Å². The van der Waals surface area contributed by atoms with E-state index >= 15 is 0 Å². The summed E-state index contributed by atoms with van der Waals surface area (Å²) < 4.78 is 0. The molecule has 0 aliphatic heterocycles. The summed E-state index contributed by atoms with van der Waals surface area (Å²) in [4.78, 5) is 0. The maximum absolute atomic E-state index is 9.07. The quantitative estimate of drug-likeness (QED) is 0.727. The first-order valence-corrected chi connectivity index (χ1v) is 5.28. The van der Waals surface area contributed by atoms with Crippen molar-refractivity contribution >= 4 is 0 Å². The largest absolute Gasteiger partial charge is 0.396 e. The lowest BCUT2D eigenvalue weighted by molar-refractivity contribution is 0.153. The molecule has 0 saturated heterocycles. The van der Waals surface area contributed by atoms with Gasteiger partial charge in [0.05, 0.1) is 11.5 Å². The molecule has 0 heterocycles. The van der Waals surface area contributed by atoms with Crippen molar-refractivity contribution in [2.75, 3.05) is 6.61 Å². The summed E-state index contributed by atoms with van der Waals surface area (Å²) in [5, 5.41) is 18.0. The van der Waals surface area contributed by atoms with Crippen molar-refractivity contribution in [3.05, 3.63) is 0 Å². The third-order valence-corrected chi connectivity index (χ3v) is 3.47. The van der Waals surface area contributed by atoms with Crippen LogP contribution in [0.15, 0.2) is 0 Å². The van der Waals surface area contributed by atoms with Crippen LogP contribution in [0.4, 0.5) is 0 Å². The van der Waals surface area contributed by atoms with Crippen LogP contribution in [-0.4, -0.2) is 11.7 Å². The zero-order chi connectivity index (χ0) is 9.73. The predicted molar refractivity (Wildman–Crippen MR) is 52.0 cm³/mol. The Morgan fingerprint density at radius 3 is 2.46 bits per heavy atom. The maximum Gasteiger partial charge on any atom is 0.0690 e. The number of hydrogen-bond donors (Lipinski definition) is 1. The van der Waals surface area contributed by atoms with E-state index in [1.54, 1.807) is 0 Å². The fourth-order valence-corrected chi connectivity index (χ4v) is 2.27. The van der Waals surface area contributed by atoms with Gasteiger partial charge in [0.15, 0.2) is 0 Å². The highest BCUT2D eigenvalue weighted by molar-refractivity contribution is 5.01. The molecule has 1 rings (SSSR count). The van der Waals surface area contributed by atoms with Crippen LogP contribution in [0.25, 0.3) is 0 Å². The first kappa shape index (κ1) is 10.5. The van der Waals surface area contributed by atoms with Crippen molar-refractivity contribution in [2.45, 2.75) is 45.4 Å². The molecule has 74 valence electrons. The number of hydrogen-bond acceptors (Lipinski definition) is 2. The molecule has 0 amide bonds. The zero-order valence-corrected chi connectivity index (χ0v) is 8.42. The van der Waals surface area contributed by atoms with Crippen molar-refractivity contribution in [2.24, 2.45) is 11.3 Å². The fourth-order valence-electron chi connectivity index (χ4n) is 2.27. The third-order valence-electron chi connectivity index (χ3n) is 3.47. The molecule has 13 heavy (non-hydrogen) atoms. The highest BCUT2D eigenvalue weighted by Gasteiger charge is 2.34. The smallest absolute Gasteiger partial charge is 0.0690 e. The van der Waals surface area contributed by atoms with E-state index < -0.39 is 0 Å². The fraction of sp³-hybridized carbons (Fsp3) is 0.909. The normalized spacial score (nSPS) is 34.1. The van der Waals surface area contributed by atoms with Crippen LogP contribution in [0, 0.1) is 22.7 Å². The van der Waals surface area contributed by atoms with Crippen LogP contribution in [0.5, 0.6) is 0 Å². The number of aliphatic hydroxyl groups is 1. The Bertz CT molecular complexity index is 187. The van der Waals surface area contributed by atoms with Gasteiger partial charge in [-0.3, -0.25) is 0 Å². The highest BCUT2D eigenvalue weighted by Crippen LogP contribution is 2.41. The molecule has 1 saturated carbocycles. The van der Waals surface area contributed by atoms with E-state index in [1.165, 1.54) is 19.3 Å². The van der Waals surface area contributed by atoms with Gasteiger partial charge in [-0.05, 0) is 38.0 Å². The summed E-state index contributed by atoms with van der Waals surface area (Å²) in [5.74, 6) is 0.820. The van der Waals surface area contributed by atoms with Gasteiger partial charge in [0, 0.05) is 6.61 Å². The van der Waals surface area contributed by atoms with Gasteiger partial charge in [-0.1, -0.05) is 13.3 Å². The van der Waals surface area contributed by atoms with Gasteiger partial charge in [-0.2, -0.15) is 5.26 Å². The lowest BCUT2D eigenvalue weighted by Crippen LogP contribution is -2.26. The van der Waals surface area contributed by atoms with Crippen molar-refractivity contribution in [1.82, 2.24) is 0 Å². The summed E-state index contributed by atoms with van der Waals surface area (Å²) in [6.45, 7) is 2.38. The van der Waals surface area contributed by atoms with Gasteiger partial charge in [0.25, 0.3) is 0 Å². The molecule has 0 aromatic carbocycles. The van der Waals surface area contributed by atoms with Gasteiger partial charge >= 0.3 is 0 Å². The number of nitrogens with zero attached hydrogens (tertiary/aromatic N) is 1. The average molecular weight is 181 g/mol. The van der Waals surface area contributed by atoms with E-state index in [-0.39, 0.29) is 12.0 Å². The number of aliphatic hydroxyl groups excluding tert-OH is 1. The molecule has 1 N–H and O–H groups in total. The van der Waals surface area contributed by atoms with Crippen LogP contribution in [0.1, 0.15) is 45.4 Å². The maximum atomic E-state index is 9.07. The zero-order valence-electron chi connectivity index (χ0n) is 8.42. The van der Waals surface area contributed by atoms with Crippen LogP contribution in [0.2, 0.25) is 0 Å². The number of rotatable bonds is 3. The Kier molecular flexibility index (Phi) is 3.74. The van der Waals surface area contributed by atoms with Crippen LogP contribution in [0.3, 0.4) is 0 Å². The number of nitriles is 1. The lowest BCUT2D eigenvalue weighted by atomic mass is 9.69. The molecule has 0 radical (unpaired) electrons. The minimum absolute atomic E-state index is 0.157. The second-order valence-electron chi connectivity index (χ2n) is 4.22. The summed E-state index contributed by atoms with van der Waals surface area (Å²) in [6, 6.07) is 2.40. The molecular weight excluding hydrogens is 162 g/mol. The van der Waals surface area contributed by atoms with Gasteiger partial charge in [0.2, 0.25) is 0 Å². The molecule has 0 aromatic heterocycles. The van der Waals surface area contributed by atoms with E-state index in [1.807, 2.05) is 0 Å². The molecule has 2 nitrogen and oxygen atoms in total. The first-order chi connectivity index (χ1) is 6.26. The Labute approximate surface area is 80.6 Å². The van der Waals surface area contributed by atoms with E-state index in [0.29, 0.717) is 6.42 Å². The molecule has 0 unspecified atom stereocenters. The molecular formula is C11H19NO. The Morgan fingerprint density at radius 2 is 2.08 bits per heavy atom. The highest BCUT2D eigenvalue weighted by atomic mass is 16.3. The minimum atomic E-state index is -0.194. The topological polar surface area (TPSA) is 44.0 Å². The molecule has 1 fully saturated rings. The first-order valence-electron chi connectivity index (χ1n) is 5.28. The molecule has 0 spiro atoms. The lowest BCUT2D eigenvalue weighted by Gasteiger charge is -2.34. The summed E-state index contributed by atoms with van der Waals surface area (Å²) in [6.07, 6.45) is 6.22. The van der Waals surface area contributed by atoms with Gasteiger partial charge in [-0.25, -0.2) is 0 Å². The predicted octanol–water partition coefficient (Wildman–Crippen LogP) is 2.48. The SMILES string of the molecule is CCC1CCC(C#N)(CCO)CC1. The standard InChI is InChI=1S/C11H19NO/c1-2-10-3-5-11(9-12,6-4-10)7-8-13/h10,13H,2-8H2,1H3. The van der Waals surface area contributed by atoms with Crippen LogP contribution in [-0.2, 0) is 0 Å². The van der Waals surface area contributed by atoms with E-state index in [4.69, 9.17) is 10.4 Å². The second kappa shape index (κ2) is 4.62. The van der Waals surface area contributed by atoms with Gasteiger partial charge in [-0.15, -0.1) is 0 Å². The Morgan fingerprint density at radius 1 is 1.46 bits per heavy atom.